The molecule has 0 fully saturated rings. The van der Waals surface area contributed by atoms with E-state index in [0.29, 0.717) is 0 Å². The van der Waals surface area contributed by atoms with Crippen molar-refractivity contribution in [3.63, 3.8) is 0 Å². The van der Waals surface area contributed by atoms with Gasteiger partial charge in [0.15, 0.2) is 0 Å². The van der Waals surface area contributed by atoms with Crippen molar-refractivity contribution in [1.29, 1.82) is 0 Å². The van der Waals surface area contributed by atoms with Gasteiger partial charge in [-0.3, -0.25) is 0 Å². The van der Waals surface area contributed by atoms with Crippen LogP contribution in [0.1, 0.15) is 4.11 Å². The minimum Gasteiger partial charge on any atom is -0.416 e. The lowest BCUT2D eigenvalue weighted by atomic mass is 11.0. The van der Waals surface area contributed by atoms with Gasteiger partial charge < -0.3 is 4.42 Å². The van der Waals surface area contributed by atoms with Gasteiger partial charge in [-0.1, -0.05) is 0 Å². The topological polar surface area (TPSA) is 81.3 Å². The summed E-state index contributed by atoms with van der Waals surface area (Å²) >= 11 is 0. The van der Waals surface area contributed by atoms with E-state index in [4.69, 9.17) is 4.11 Å². The Bertz CT molecular complexity index is 469. The molecule has 0 aliphatic heterocycles. The van der Waals surface area contributed by atoms with Crippen LogP contribution in [0.25, 0.3) is 0 Å². The zero-order chi connectivity index (χ0) is 11.0. The van der Waals surface area contributed by atoms with E-state index in [1.54, 1.807) is 0 Å². The lowest BCUT2D eigenvalue weighted by molar-refractivity contribution is 0.501. The maximum atomic E-state index is 11.2. The van der Waals surface area contributed by atoms with E-state index >= 15 is 0 Å². The van der Waals surface area contributed by atoms with Crippen molar-refractivity contribution in [2.45, 2.75) is 0 Å². The second-order valence-electron chi connectivity index (χ2n) is 1.57. The number of rotatable bonds is 2. The highest BCUT2D eigenvalue weighted by Gasteiger charge is 2.12. The Morgan fingerprint density at radius 1 is 1.82 bits per heavy atom. The molecule has 0 aliphatic carbocycles. The average molecular weight is 181 g/mol. The molecular formula is C4H6N2O4S. The third-order valence-electron chi connectivity index (χ3n) is 0.933. The Morgan fingerprint density at radius 2 is 2.55 bits per heavy atom. The van der Waals surface area contributed by atoms with Crippen molar-refractivity contribution >= 4 is 10.2 Å². The van der Waals surface area contributed by atoms with Gasteiger partial charge in [-0.15, -0.1) is 0 Å². The van der Waals surface area contributed by atoms with Gasteiger partial charge in [0.1, 0.15) is 6.26 Å². The highest BCUT2D eigenvalue weighted by Crippen LogP contribution is 1.86. The zero-order valence-electron chi connectivity index (χ0n) is 8.14. The maximum absolute atomic E-state index is 11.2. The van der Waals surface area contributed by atoms with Crippen molar-refractivity contribution in [3.05, 3.63) is 23.0 Å². The average Bonchev–Trinajstić information content (AvgIpc) is 2.29. The van der Waals surface area contributed by atoms with Crippen molar-refractivity contribution in [1.82, 2.24) is 8.69 Å². The van der Waals surface area contributed by atoms with Gasteiger partial charge in [-0.05, 0) is 0 Å². The van der Waals surface area contributed by atoms with Crippen LogP contribution in [0.3, 0.4) is 0 Å². The van der Waals surface area contributed by atoms with Crippen LogP contribution in [0.2, 0.25) is 0 Å². The molecule has 0 bridgehead atoms. The Balaban J connectivity index is 3.11. The van der Waals surface area contributed by atoms with Crippen LogP contribution < -0.4 is 10.5 Å². The lowest BCUT2D eigenvalue weighted by Gasteiger charge is -1.97. The molecule has 1 aromatic heterocycles. The van der Waals surface area contributed by atoms with Gasteiger partial charge in [0.05, 0.1) is 6.20 Å². The van der Waals surface area contributed by atoms with Crippen molar-refractivity contribution in [3.8, 4) is 0 Å². The Morgan fingerprint density at radius 3 is 3.00 bits per heavy atom. The second kappa shape index (κ2) is 2.51. The standard InChI is InChI=1S/C4H6N2O4S/c1-5-11(8,9)6-2-3-10-4(6)7/h2-3,5H,1H3/i1D3. The molecule has 1 aromatic rings. The fraction of sp³-hybridized carbons (Fsp3) is 0.250. The summed E-state index contributed by atoms with van der Waals surface area (Å²) in [4.78, 5) is 10.7. The maximum Gasteiger partial charge on any atom is 0.433 e. The smallest absolute Gasteiger partial charge is 0.416 e. The normalized spacial score (nSPS) is 16.9. The molecule has 11 heavy (non-hydrogen) atoms. The fourth-order valence-corrected chi connectivity index (χ4v) is 1.03. The number of hydrogen-bond donors (Lipinski definition) is 1. The first-order valence-electron chi connectivity index (χ1n) is 3.93. The SMILES string of the molecule is [2H]C([2H])([2H])NS(=O)(=O)n1ccoc1=O. The quantitative estimate of drug-likeness (QED) is 0.618. The van der Waals surface area contributed by atoms with Gasteiger partial charge in [0.2, 0.25) is 0 Å². The largest absolute Gasteiger partial charge is 0.433 e. The molecule has 0 atom stereocenters. The number of oxazole rings is 1. The molecule has 0 saturated carbocycles. The predicted octanol–water partition coefficient (Wildman–Crippen LogP) is -1.25. The van der Waals surface area contributed by atoms with E-state index < -0.39 is 22.9 Å². The van der Waals surface area contributed by atoms with E-state index in [-0.39, 0.29) is 3.97 Å². The Kier molecular flexibility index (Phi) is 1.08. The third-order valence-corrected chi connectivity index (χ3v) is 1.98. The van der Waals surface area contributed by atoms with E-state index in [1.807, 2.05) is 0 Å². The molecule has 1 N–H and O–H groups in total. The predicted molar refractivity (Wildman–Crippen MR) is 36.3 cm³/mol. The highest BCUT2D eigenvalue weighted by molar-refractivity contribution is 7.87. The number of nitrogens with zero attached hydrogens (tertiary/aromatic N) is 1. The van der Waals surface area contributed by atoms with Crippen LogP contribution >= 0.6 is 0 Å². The van der Waals surface area contributed by atoms with Gasteiger partial charge in [0, 0.05) is 11.1 Å². The molecule has 0 aromatic carbocycles. The van der Waals surface area contributed by atoms with Gasteiger partial charge >= 0.3 is 16.0 Å². The molecule has 6 nitrogen and oxygen atoms in total. The highest BCUT2D eigenvalue weighted by atomic mass is 32.2. The summed E-state index contributed by atoms with van der Waals surface area (Å²) in [5.41, 5.74) is 0. The molecule has 0 amide bonds. The minimum absolute atomic E-state index is 0.152. The second-order valence-corrected chi connectivity index (χ2v) is 3.12. The van der Waals surface area contributed by atoms with Crippen LogP contribution in [0, 0.1) is 0 Å². The van der Waals surface area contributed by atoms with Crippen molar-refractivity contribution in [2.75, 3.05) is 6.98 Å². The van der Waals surface area contributed by atoms with Crippen LogP contribution in [-0.2, 0) is 10.2 Å². The van der Waals surface area contributed by atoms with Crippen LogP contribution in [0.5, 0.6) is 0 Å². The van der Waals surface area contributed by atoms with E-state index in [1.165, 1.54) is 4.72 Å². The summed E-state index contributed by atoms with van der Waals surface area (Å²) in [5.74, 6) is -1.18. The molecule has 0 spiro atoms. The molecule has 1 heterocycles. The third kappa shape index (κ3) is 1.33. The van der Waals surface area contributed by atoms with Gasteiger partial charge in [0.25, 0.3) is 0 Å². The van der Waals surface area contributed by atoms with Crippen LogP contribution in [0.15, 0.2) is 21.7 Å². The number of hydrogen-bond acceptors (Lipinski definition) is 4. The number of nitrogens with one attached hydrogen (secondary N) is 1. The van der Waals surface area contributed by atoms with Gasteiger partial charge in [-0.25, -0.2) is 9.52 Å². The lowest BCUT2D eigenvalue weighted by Crippen LogP contribution is -2.32. The summed E-state index contributed by atoms with van der Waals surface area (Å²) in [6.07, 6.45) is 1.64. The van der Waals surface area contributed by atoms with Gasteiger partial charge in [-0.2, -0.15) is 12.4 Å². The van der Waals surface area contributed by atoms with Crippen LogP contribution in [-0.4, -0.2) is 19.4 Å². The van der Waals surface area contributed by atoms with Crippen LogP contribution in [0.4, 0.5) is 0 Å². The Hall–Kier alpha value is -1.08. The first-order valence-corrected chi connectivity index (χ1v) is 3.87. The Labute approximate surface area is 66.8 Å². The van der Waals surface area contributed by atoms with Crippen molar-refractivity contribution < 1.29 is 16.9 Å². The molecule has 7 heteroatoms. The first kappa shape index (κ1) is 4.73. The molecule has 62 valence electrons. The summed E-state index contributed by atoms with van der Waals surface area (Å²) in [6, 6.07) is 0. The monoisotopic (exact) mass is 181 g/mol. The molecule has 0 unspecified atom stereocenters. The first-order chi connectivity index (χ1) is 6.22. The molecule has 0 saturated heterocycles. The molecule has 0 radical (unpaired) electrons. The van der Waals surface area contributed by atoms with E-state index in [9.17, 15) is 13.2 Å². The van der Waals surface area contributed by atoms with E-state index in [2.05, 4.69) is 4.42 Å². The molecule has 0 aliphatic rings. The number of aromatic nitrogens is 1. The molecule has 1 rings (SSSR count). The zero-order valence-corrected chi connectivity index (χ0v) is 5.96. The fourth-order valence-electron chi connectivity index (χ4n) is 0.484. The summed E-state index contributed by atoms with van der Waals surface area (Å²) < 4.78 is 47.9. The summed E-state index contributed by atoms with van der Waals surface area (Å²) in [6.45, 7) is -2.89. The summed E-state index contributed by atoms with van der Waals surface area (Å²) in [5, 5.41) is 0. The minimum atomic E-state index is -4.41. The van der Waals surface area contributed by atoms with E-state index in [0.717, 1.165) is 12.5 Å². The molecular weight excluding hydrogens is 172 g/mol. The van der Waals surface area contributed by atoms with Crippen molar-refractivity contribution in [2.24, 2.45) is 0 Å². The summed E-state index contributed by atoms with van der Waals surface area (Å²) in [7, 11) is -4.41.